The zero-order valence-electron chi connectivity index (χ0n) is 15.2. The van der Waals surface area contributed by atoms with Crippen molar-refractivity contribution < 1.29 is 19.0 Å². The summed E-state index contributed by atoms with van der Waals surface area (Å²) >= 11 is 0. The second kappa shape index (κ2) is 11.2. The lowest BCUT2D eigenvalue weighted by Gasteiger charge is -2.23. The van der Waals surface area contributed by atoms with Crippen LogP contribution in [0, 0.1) is 5.92 Å². The van der Waals surface area contributed by atoms with Crippen LogP contribution >= 0.6 is 12.4 Å². The van der Waals surface area contributed by atoms with E-state index in [4.69, 9.17) is 14.2 Å². The Kier molecular flexibility index (Phi) is 9.63. The molecule has 1 aromatic carbocycles. The van der Waals surface area contributed by atoms with Crippen LogP contribution in [0.2, 0.25) is 0 Å². The van der Waals surface area contributed by atoms with E-state index in [2.05, 4.69) is 24.5 Å². The molecule has 0 saturated carbocycles. The highest BCUT2D eigenvalue weighted by atomic mass is 35.5. The lowest BCUT2D eigenvalue weighted by atomic mass is 10.1. The number of nitrogens with one attached hydrogen (secondary N) is 2. The first kappa shape index (κ1) is 21.5. The smallest absolute Gasteiger partial charge is 0.239 e. The largest absolute Gasteiger partial charge is 0.493 e. The third kappa shape index (κ3) is 7.10. The maximum Gasteiger partial charge on any atom is 0.239 e. The highest BCUT2D eigenvalue weighted by Crippen LogP contribution is 2.28. The average molecular weight is 373 g/mol. The molecule has 142 valence electrons. The molecule has 1 saturated heterocycles. The zero-order valence-corrected chi connectivity index (χ0v) is 16.0. The Balaban J connectivity index is 0.00000312. The van der Waals surface area contributed by atoms with Gasteiger partial charge in [0.25, 0.3) is 0 Å². The van der Waals surface area contributed by atoms with Crippen LogP contribution in [0.3, 0.4) is 0 Å². The number of rotatable bonds is 8. The summed E-state index contributed by atoms with van der Waals surface area (Å²) in [6, 6.07) is 5.45. The lowest BCUT2D eigenvalue weighted by molar-refractivity contribution is -0.126. The predicted octanol–water partition coefficient (Wildman–Crippen LogP) is 2.15. The summed E-state index contributed by atoms with van der Waals surface area (Å²) in [5, 5.41) is 6.06. The summed E-state index contributed by atoms with van der Waals surface area (Å²) in [6.45, 7) is 7.21. The van der Waals surface area contributed by atoms with E-state index in [0.717, 1.165) is 17.7 Å². The summed E-state index contributed by atoms with van der Waals surface area (Å²) in [5.74, 6) is 1.97. The minimum Gasteiger partial charge on any atom is -0.493 e. The quantitative estimate of drug-likeness (QED) is 0.731. The molecule has 0 aromatic heterocycles. The van der Waals surface area contributed by atoms with Gasteiger partial charge in [-0.2, -0.15) is 0 Å². The molecule has 2 N–H and O–H groups in total. The maximum atomic E-state index is 12.1. The fourth-order valence-corrected chi connectivity index (χ4v) is 2.39. The van der Waals surface area contributed by atoms with Crippen molar-refractivity contribution >= 4 is 18.3 Å². The maximum absolute atomic E-state index is 12.1. The van der Waals surface area contributed by atoms with Gasteiger partial charge in [-0.15, -0.1) is 12.4 Å². The van der Waals surface area contributed by atoms with Crippen LogP contribution in [0.4, 0.5) is 0 Å². The average Bonchev–Trinajstić information content (AvgIpc) is 2.60. The number of hydrogen-bond donors (Lipinski definition) is 2. The van der Waals surface area contributed by atoms with Gasteiger partial charge < -0.3 is 24.8 Å². The molecule has 1 aliphatic rings. The molecule has 1 heterocycles. The van der Waals surface area contributed by atoms with Crippen LogP contribution in [0.15, 0.2) is 18.2 Å². The van der Waals surface area contributed by atoms with Crippen molar-refractivity contribution in [2.45, 2.75) is 32.9 Å². The van der Waals surface area contributed by atoms with Gasteiger partial charge in [0, 0.05) is 13.1 Å². The minimum atomic E-state index is -0.278. The number of carbonyl (C=O) groups is 1. The number of ether oxygens (including phenoxy) is 3. The molecule has 1 fully saturated rings. The second-order valence-electron chi connectivity index (χ2n) is 6.32. The first-order valence-corrected chi connectivity index (χ1v) is 8.48. The normalized spacial score (nSPS) is 16.9. The van der Waals surface area contributed by atoms with E-state index in [1.807, 2.05) is 18.2 Å². The third-order valence-corrected chi connectivity index (χ3v) is 3.89. The Morgan fingerprint density at radius 3 is 2.84 bits per heavy atom. The number of carbonyl (C=O) groups excluding carboxylic acids is 1. The van der Waals surface area contributed by atoms with E-state index in [9.17, 15) is 4.79 Å². The minimum absolute atomic E-state index is 0. The molecule has 25 heavy (non-hydrogen) atoms. The van der Waals surface area contributed by atoms with Gasteiger partial charge >= 0.3 is 0 Å². The van der Waals surface area contributed by atoms with Gasteiger partial charge in [0.2, 0.25) is 5.91 Å². The van der Waals surface area contributed by atoms with Crippen LogP contribution in [0.5, 0.6) is 11.5 Å². The van der Waals surface area contributed by atoms with Crippen molar-refractivity contribution in [3.05, 3.63) is 23.8 Å². The Hall–Kier alpha value is -1.50. The predicted molar refractivity (Wildman–Crippen MR) is 99.6 cm³/mol. The van der Waals surface area contributed by atoms with E-state index in [1.165, 1.54) is 0 Å². The van der Waals surface area contributed by atoms with Crippen molar-refractivity contribution in [2.24, 2.45) is 5.92 Å². The lowest BCUT2D eigenvalue weighted by Crippen LogP contribution is -2.51. The second-order valence-corrected chi connectivity index (χ2v) is 6.32. The van der Waals surface area contributed by atoms with Crippen molar-refractivity contribution in [3.8, 4) is 11.5 Å². The van der Waals surface area contributed by atoms with Crippen LogP contribution in [-0.4, -0.2) is 45.4 Å². The number of halogens is 1. The van der Waals surface area contributed by atoms with Gasteiger partial charge in [-0.25, -0.2) is 0 Å². The van der Waals surface area contributed by atoms with Crippen molar-refractivity contribution in [3.63, 3.8) is 0 Å². The van der Waals surface area contributed by atoms with Gasteiger partial charge in [-0.05, 0) is 30.0 Å². The molecule has 2 rings (SSSR count). The summed E-state index contributed by atoms with van der Waals surface area (Å²) in [6.07, 6.45) is 0.997. The number of hydrogen-bond acceptors (Lipinski definition) is 5. The highest BCUT2D eigenvalue weighted by Gasteiger charge is 2.20. The molecule has 6 nitrogen and oxygen atoms in total. The van der Waals surface area contributed by atoms with Crippen LogP contribution < -0.4 is 20.1 Å². The molecule has 0 bridgehead atoms. The van der Waals surface area contributed by atoms with Gasteiger partial charge in [-0.1, -0.05) is 19.9 Å². The summed E-state index contributed by atoms with van der Waals surface area (Å²) in [5.41, 5.74) is 0.966. The molecule has 0 radical (unpaired) electrons. The van der Waals surface area contributed by atoms with Crippen molar-refractivity contribution in [1.29, 1.82) is 0 Å². The first-order valence-electron chi connectivity index (χ1n) is 8.48. The van der Waals surface area contributed by atoms with E-state index in [-0.39, 0.29) is 24.4 Å². The molecule has 0 spiro atoms. The Morgan fingerprint density at radius 1 is 1.40 bits per heavy atom. The van der Waals surface area contributed by atoms with E-state index in [0.29, 0.717) is 44.6 Å². The van der Waals surface area contributed by atoms with Crippen LogP contribution in [0.1, 0.15) is 25.8 Å². The Morgan fingerprint density at radius 2 is 2.20 bits per heavy atom. The first-order chi connectivity index (χ1) is 11.6. The topological polar surface area (TPSA) is 68.8 Å². The van der Waals surface area contributed by atoms with E-state index in [1.54, 1.807) is 7.11 Å². The fourth-order valence-electron chi connectivity index (χ4n) is 2.39. The van der Waals surface area contributed by atoms with Gasteiger partial charge in [0.05, 0.1) is 26.9 Å². The van der Waals surface area contributed by atoms with Crippen molar-refractivity contribution in [1.82, 2.24) is 10.6 Å². The third-order valence-electron chi connectivity index (χ3n) is 3.89. The van der Waals surface area contributed by atoms with E-state index < -0.39 is 0 Å². The summed E-state index contributed by atoms with van der Waals surface area (Å²) in [4.78, 5) is 12.1. The Labute approximate surface area is 156 Å². The SMILES string of the molecule is COc1cc(CNC(=O)C2COCCN2)ccc1OCCC(C)C.Cl. The van der Waals surface area contributed by atoms with E-state index >= 15 is 0 Å². The number of benzene rings is 1. The van der Waals surface area contributed by atoms with Gasteiger partial charge in [0.1, 0.15) is 6.04 Å². The zero-order chi connectivity index (χ0) is 17.4. The van der Waals surface area contributed by atoms with Gasteiger partial charge in [0.15, 0.2) is 11.5 Å². The molecule has 1 amide bonds. The standard InChI is InChI=1S/C18H28N2O4.ClH/c1-13(2)6-8-24-16-5-4-14(10-17(16)22-3)11-20-18(21)15-12-23-9-7-19-15;/h4-5,10,13,15,19H,6-9,11-12H2,1-3H3,(H,20,21);1H. The highest BCUT2D eigenvalue weighted by molar-refractivity contribution is 5.85. The molecule has 7 heteroatoms. The summed E-state index contributed by atoms with van der Waals surface area (Å²) < 4.78 is 16.5. The molecule has 1 aromatic rings. The molecule has 1 aliphatic heterocycles. The monoisotopic (exact) mass is 372 g/mol. The van der Waals surface area contributed by atoms with Crippen molar-refractivity contribution in [2.75, 3.05) is 33.5 Å². The van der Waals surface area contributed by atoms with Crippen LogP contribution in [-0.2, 0) is 16.1 Å². The van der Waals surface area contributed by atoms with Gasteiger partial charge in [-0.3, -0.25) is 4.79 Å². The van der Waals surface area contributed by atoms with Crippen LogP contribution in [0.25, 0.3) is 0 Å². The molecule has 1 unspecified atom stereocenters. The fraction of sp³-hybridized carbons (Fsp3) is 0.611. The number of amides is 1. The Bertz CT molecular complexity index is 534. The molecule has 1 atom stereocenters. The number of methoxy groups -OCH3 is 1. The molecular weight excluding hydrogens is 344 g/mol. The summed E-state index contributed by atoms with van der Waals surface area (Å²) in [7, 11) is 1.62. The molecule has 0 aliphatic carbocycles. The molecular formula is C18H29ClN2O4. The number of morpholine rings is 1.